The van der Waals surface area contributed by atoms with Gasteiger partial charge in [0.15, 0.2) is 0 Å². The molecule has 90 heavy (non-hydrogen) atoms. The lowest BCUT2D eigenvalue weighted by molar-refractivity contribution is 1.17. The molecule has 3 heteroatoms. The summed E-state index contributed by atoms with van der Waals surface area (Å²) < 4.78 is 7.69. The Kier molecular flexibility index (Phi) is 13.8. The van der Waals surface area contributed by atoms with Crippen LogP contribution in [-0.4, -0.2) is 9.13 Å². The van der Waals surface area contributed by atoms with Gasteiger partial charge in [0.2, 0.25) is 0 Å². The van der Waals surface area contributed by atoms with Crippen molar-refractivity contribution >= 4 is 107 Å². The Labute approximate surface area is 528 Å². The zero-order valence-electron chi connectivity index (χ0n) is 50.4. The zero-order valence-corrected chi connectivity index (χ0v) is 51.2. The summed E-state index contributed by atoms with van der Waals surface area (Å²) >= 11 is 1.89. The van der Waals surface area contributed by atoms with E-state index in [2.05, 4.69) is 333 Å². The molecule has 0 aliphatic carbocycles. The summed E-state index contributed by atoms with van der Waals surface area (Å²) in [5, 5.41) is 15.3. The fourth-order valence-corrected chi connectivity index (χ4v) is 14.8. The van der Waals surface area contributed by atoms with Gasteiger partial charge >= 0.3 is 0 Å². The highest BCUT2D eigenvalue weighted by molar-refractivity contribution is 7.26. The van der Waals surface area contributed by atoms with E-state index in [1.165, 1.54) is 157 Å². The average molecular weight is 1170 g/mol. The van der Waals surface area contributed by atoms with E-state index in [-0.39, 0.29) is 0 Å². The Hall–Kier alpha value is -11.1. The third kappa shape index (κ3) is 9.77. The van der Waals surface area contributed by atoms with Crippen molar-refractivity contribution in [1.82, 2.24) is 9.13 Å². The van der Waals surface area contributed by atoms with E-state index in [0.29, 0.717) is 0 Å². The van der Waals surface area contributed by atoms with Crippen LogP contribution in [0.25, 0.3) is 152 Å². The Balaban J connectivity index is 0.000000197. The normalized spacial score (nSPS) is 11.5. The summed E-state index contributed by atoms with van der Waals surface area (Å²) in [6.45, 7) is 6.36. The molecule has 0 saturated carbocycles. The molecule has 0 fully saturated rings. The lowest BCUT2D eigenvalue weighted by Crippen LogP contribution is -1.96. The van der Waals surface area contributed by atoms with E-state index < -0.39 is 0 Å². The van der Waals surface area contributed by atoms with Gasteiger partial charge in [-0.1, -0.05) is 265 Å². The predicted octanol–water partition coefficient (Wildman–Crippen LogP) is 24.7. The second-order valence-corrected chi connectivity index (χ2v) is 24.8. The van der Waals surface area contributed by atoms with E-state index in [1.807, 2.05) is 29.5 Å². The van der Waals surface area contributed by atoms with E-state index in [0.717, 1.165) is 11.4 Å². The monoisotopic (exact) mass is 1170 g/mol. The van der Waals surface area contributed by atoms with Gasteiger partial charge < -0.3 is 9.13 Å². The molecule has 18 rings (SSSR count). The molecule has 0 saturated heterocycles. The summed E-state index contributed by atoms with van der Waals surface area (Å²) in [7, 11) is 0. The third-order valence-electron chi connectivity index (χ3n) is 18.1. The molecule has 0 bridgehead atoms. The SMILES string of the molecule is Cc1ccc(-c2ccc3c(c2)c2cc(-n4c5ccc(-c6ccccc6)cc5c5cc(-c6ccccc6)ccc54)ccc2n3-c2ccc3c4ccccc4c4ccccc4c3c2)cc1.Cc1ccc(-c2cccc3c2sc2ccccc23)cc1.Cc1ccccc1. The molecule has 15 aromatic carbocycles. The predicted molar refractivity (Wildman–Crippen MR) is 389 cm³/mol. The molecule has 0 radical (unpaired) electrons. The Morgan fingerprint density at radius 3 is 1.04 bits per heavy atom. The smallest absolute Gasteiger partial charge is 0.0542 e. The van der Waals surface area contributed by atoms with Gasteiger partial charge in [-0.15, -0.1) is 11.3 Å². The molecule has 0 aliphatic rings. The standard InChI is InChI=1S/C61H40N2.C19H14S.C7H8/c1-39-20-22-42(23-21-39)45-26-32-60-56(36-45)57-38-47(28-33-61(57)62(60)46-27-29-52-50-18-9-8-16-48(50)49-17-10-11-19-51(49)53(52)37-46)63-58-30-24-43(40-12-4-2-5-13-40)34-54(58)55-35-44(25-31-59(55)63)41-14-6-3-7-15-41;1-13-9-11-14(12-10-13)15-6-4-7-17-16-5-2-3-8-18(16)20-19(15)17;1-7-5-3-2-4-6-7/h2-38H,1H3;2-12H,1H3;2-6H,1H3. The molecule has 3 heterocycles. The number of aryl methyl sites for hydroxylation is 3. The Morgan fingerprint density at radius 1 is 0.211 bits per heavy atom. The van der Waals surface area contributed by atoms with Crippen LogP contribution < -0.4 is 0 Å². The molecule has 0 spiro atoms. The largest absolute Gasteiger partial charge is 0.309 e. The first-order valence-corrected chi connectivity index (χ1v) is 31.9. The maximum absolute atomic E-state index is 2.47. The van der Waals surface area contributed by atoms with Crippen molar-refractivity contribution in [2.24, 2.45) is 0 Å². The molecule has 0 amide bonds. The molecule has 0 unspecified atom stereocenters. The number of fused-ring (bicyclic) bond motifs is 15. The van der Waals surface area contributed by atoms with Gasteiger partial charge in [-0.05, 0) is 170 Å². The molecule has 0 atom stereocenters. The van der Waals surface area contributed by atoms with Gasteiger partial charge in [-0.25, -0.2) is 0 Å². The van der Waals surface area contributed by atoms with Crippen molar-refractivity contribution in [3.63, 3.8) is 0 Å². The van der Waals surface area contributed by atoms with Crippen LogP contribution in [0.3, 0.4) is 0 Å². The van der Waals surface area contributed by atoms with E-state index in [9.17, 15) is 0 Å². The van der Waals surface area contributed by atoms with Crippen LogP contribution >= 0.6 is 11.3 Å². The van der Waals surface area contributed by atoms with Crippen LogP contribution in [0, 0.1) is 20.8 Å². The van der Waals surface area contributed by atoms with Crippen LogP contribution in [0.15, 0.2) is 322 Å². The summed E-state index contributed by atoms with van der Waals surface area (Å²) in [4.78, 5) is 0. The zero-order chi connectivity index (χ0) is 60.2. The number of nitrogens with zero attached hydrogens (tertiary/aromatic N) is 2. The van der Waals surface area contributed by atoms with Crippen LogP contribution in [-0.2, 0) is 0 Å². The molecular formula is C87H62N2S. The molecule has 2 nitrogen and oxygen atoms in total. The highest BCUT2D eigenvalue weighted by Gasteiger charge is 2.20. The number of thiophene rings is 1. The van der Waals surface area contributed by atoms with Gasteiger partial charge in [-0.3, -0.25) is 0 Å². The van der Waals surface area contributed by atoms with Gasteiger partial charge in [0.1, 0.15) is 0 Å². The number of hydrogen-bond acceptors (Lipinski definition) is 1. The minimum atomic E-state index is 1.14. The highest BCUT2D eigenvalue weighted by atomic mass is 32.1. The molecule has 18 aromatic rings. The minimum absolute atomic E-state index is 1.14. The van der Waals surface area contributed by atoms with Crippen molar-refractivity contribution in [1.29, 1.82) is 0 Å². The molecule has 0 N–H and O–H groups in total. The lowest BCUT2D eigenvalue weighted by atomic mass is 9.94. The van der Waals surface area contributed by atoms with Crippen LogP contribution in [0.4, 0.5) is 0 Å². The first-order valence-electron chi connectivity index (χ1n) is 31.0. The van der Waals surface area contributed by atoms with Crippen molar-refractivity contribution in [3.05, 3.63) is 338 Å². The molecule has 426 valence electrons. The summed E-state index contributed by atoms with van der Waals surface area (Å²) in [6, 6.07) is 117. The average Bonchev–Trinajstić information content (AvgIpc) is 1.52. The quantitative estimate of drug-likeness (QED) is 0.147. The second-order valence-electron chi connectivity index (χ2n) is 23.8. The van der Waals surface area contributed by atoms with Gasteiger partial charge in [0.05, 0.1) is 22.1 Å². The number of hydrogen-bond donors (Lipinski definition) is 0. The van der Waals surface area contributed by atoms with E-state index in [4.69, 9.17) is 0 Å². The van der Waals surface area contributed by atoms with Crippen molar-refractivity contribution in [2.45, 2.75) is 20.8 Å². The highest BCUT2D eigenvalue weighted by Crippen LogP contribution is 2.44. The van der Waals surface area contributed by atoms with Gasteiger partial charge in [0.25, 0.3) is 0 Å². The molecule has 3 aromatic heterocycles. The molecular weight excluding hydrogens is 1110 g/mol. The Morgan fingerprint density at radius 2 is 0.556 bits per heavy atom. The lowest BCUT2D eigenvalue weighted by Gasteiger charge is -2.14. The Bertz CT molecular complexity index is 5580. The van der Waals surface area contributed by atoms with Crippen molar-refractivity contribution in [2.75, 3.05) is 0 Å². The number of rotatable bonds is 6. The summed E-state index contributed by atoms with van der Waals surface area (Å²) in [6.07, 6.45) is 0. The minimum Gasteiger partial charge on any atom is -0.309 e. The number of aromatic nitrogens is 2. The second kappa shape index (κ2) is 22.9. The maximum Gasteiger partial charge on any atom is 0.0542 e. The van der Waals surface area contributed by atoms with Gasteiger partial charge in [-0.2, -0.15) is 0 Å². The third-order valence-corrected chi connectivity index (χ3v) is 19.3. The fourth-order valence-electron chi connectivity index (χ4n) is 13.6. The maximum atomic E-state index is 2.47. The van der Waals surface area contributed by atoms with Gasteiger partial charge in [0, 0.05) is 53.1 Å². The fraction of sp³-hybridized carbons (Fsp3) is 0.0345. The van der Waals surface area contributed by atoms with Crippen molar-refractivity contribution in [3.8, 4) is 55.9 Å². The van der Waals surface area contributed by atoms with Crippen LogP contribution in [0.5, 0.6) is 0 Å². The van der Waals surface area contributed by atoms with E-state index in [1.54, 1.807) is 0 Å². The topological polar surface area (TPSA) is 9.86 Å². The summed E-state index contributed by atoms with van der Waals surface area (Å²) in [5.74, 6) is 0. The van der Waals surface area contributed by atoms with Crippen molar-refractivity contribution < 1.29 is 0 Å². The number of benzene rings is 15. The van der Waals surface area contributed by atoms with E-state index >= 15 is 0 Å². The van der Waals surface area contributed by atoms with Crippen LogP contribution in [0.1, 0.15) is 16.7 Å². The molecule has 0 aliphatic heterocycles. The first-order chi connectivity index (χ1) is 44.4. The van der Waals surface area contributed by atoms with Crippen LogP contribution in [0.2, 0.25) is 0 Å². The first kappa shape index (κ1) is 54.3. The summed E-state index contributed by atoms with van der Waals surface area (Å²) in [5.41, 5.74) is 20.8.